The first-order valence-corrected chi connectivity index (χ1v) is 9.91. The fourth-order valence-corrected chi connectivity index (χ4v) is 5.92. The smallest absolute Gasteiger partial charge is 0.312 e. The minimum absolute atomic E-state index is 0.0180. The fraction of sp³-hybridized carbons (Fsp3) is 0.545. The van der Waals surface area contributed by atoms with E-state index in [1.807, 2.05) is 30.3 Å². The van der Waals surface area contributed by atoms with Gasteiger partial charge < -0.3 is 14.0 Å². The standard InChI is InChI=1S/C22H25NO4/c1-25-19-4-2-17(3-5-19)20-9-18(23-27-20)13-26-21(24)22-10-14-6-15(11-22)8-16(7-14)12-22/h2-5,9,14-16H,6-8,10-13H2,1H3. The first-order chi connectivity index (χ1) is 13.1. The van der Waals surface area contributed by atoms with E-state index in [4.69, 9.17) is 14.0 Å². The summed E-state index contributed by atoms with van der Waals surface area (Å²) in [4.78, 5) is 12.9. The van der Waals surface area contributed by atoms with E-state index in [1.165, 1.54) is 19.3 Å². The molecule has 0 aliphatic heterocycles. The van der Waals surface area contributed by atoms with E-state index in [0.29, 0.717) is 11.5 Å². The molecule has 0 radical (unpaired) electrons. The zero-order valence-electron chi connectivity index (χ0n) is 15.6. The first-order valence-electron chi connectivity index (χ1n) is 9.91. The third kappa shape index (κ3) is 3.03. The van der Waals surface area contributed by atoms with Gasteiger partial charge >= 0.3 is 5.97 Å². The van der Waals surface area contributed by atoms with Crippen LogP contribution in [-0.4, -0.2) is 18.2 Å². The van der Waals surface area contributed by atoms with Crippen molar-refractivity contribution in [2.45, 2.75) is 45.1 Å². The van der Waals surface area contributed by atoms with Gasteiger partial charge in [0.2, 0.25) is 0 Å². The molecule has 4 fully saturated rings. The molecule has 0 atom stereocenters. The summed E-state index contributed by atoms with van der Waals surface area (Å²) in [6, 6.07) is 9.44. The number of esters is 1. The Kier molecular flexibility index (Phi) is 3.99. The SMILES string of the molecule is COc1ccc(-c2cc(COC(=O)C34CC5CC(CC(C5)C3)C4)no2)cc1. The van der Waals surface area contributed by atoms with Crippen molar-refractivity contribution in [2.24, 2.45) is 23.2 Å². The van der Waals surface area contributed by atoms with Gasteiger partial charge in [-0.2, -0.15) is 0 Å². The molecule has 0 N–H and O–H groups in total. The molecule has 1 heterocycles. The molecule has 2 aromatic rings. The zero-order chi connectivity index (χ0) is 18.4. The van der Waals surface area contributed by atoms with Gasteiger partial charge in [0.1, 0.15) is 18.1 Å². The topological polar surface area (TPSA) is 61.6 Å². The predicted octanol–water partition coefficient (Wildman–Crippen LogP) is 4.61. The summed E-state index contributed by atoms with van der Waals surface area (Å²) >= 11 is 0. The molecule has 6 rings (SSSR count). The van der Waals surface area contributed by atoms with Crippen LogP contribution in [-0.2, 0) is 16.1 Å². The molecule has 5 heteroatoms. The number of rotatable bonds is 5. The summed E-state index contributed by atoms with van der Waals surface area (Å²) in [6.07, 6.45) is 7.03. The fourth-order valence-electron chi connectivity index (χ4n) is 5.92. The number of benzene rings is 1. The normalized spacial score (nSPS) is 31.1. The van der Waals surface area contributed by atoms with Crippen LogP contribution >= 0.6 is 0 Å². The molecule has 0 amide bonds. The summed E-state index contributed by atoms with van der Waals surface area (Å²) in [6.45, 7) is 0.181. The summed E-state index contributed by atoms with van der Waals surface area (Å²) in [5.41, 5.74) is 1.35. The Morgan fingerprint density at radius 3 is 2.33 bits per heavy atom. The molecule has 142 valence electrons. The highest BCUT2D eigenvalue weighted by atomic mass is 16.5. The van der Waals surface area contributed by atoms with E-state index in [2.05, 4.69) is 5.16 Å². The molecule has 4 aliphatic carbocycles. The van der Waals surface area contributed by atoms with Gasteiger partial charge in [-0.25, -0.2) is 0 Å². The summed E-state index contributed by atoms with van der Waals surface area (Å²) in [5, 5.41) is 4.07. The minimum atomic E-state index is -0.225. The highest BCUT2D eigenvalue weighted by Crippen LogP contribution is 2.60. The Labute approximate surface area is 159 Å². The minimum Gasteiger partial charge on any atom is -0.497 e. The molecular weight excluding hydrogens is 342 g/mol. The van der Waals surface area contributed by atoms with Gasteiger partial charge in [-0.05, 0) is 80.5 Å². The van der Waals surface area contributed by atoms with E-state index in [9.17, 15) is 4.79 Å². The molecule has 0 unspecified atom stereocenters. The molecule has 1 aromatic carbocycles. The lowest BCUT2D eigenvalue weighted by molar-refractivity contribution is -0.173. The first kappa shape index (κ1) is 16.8. The average Bonchev–Trinajstić information content (AvgIpc) is 3.14. The molecule has 0 saturated heterocycles. The van der Waals surface area contributed by atoms with Crippen LogP contribution in [0.15, 0.2) is 34.9 Å². The molecular formula is C22H25NO4. The lowest BCUT2D eigenvalue weighted by Gasteiger charge is -2.55. The predicted molar refractivity (Wildman–Crippen MR) is 98.9 cm³/mol. The number of methoxy groups -OCH3 is 1. The van der Waals surface area contributed by atoms with Crippen molar-refractivity contribution in [1.82, 2.24) is 5.16 Å². The lowest BCUT2D eigenvalue weighted by Crippen LogP contribution is -2.50. The third-order valence-corrected chi connectivity index (χ3v) is 6.76. The highest BCUT2D eigenvalue weighted by molar-refractivity contribution is 5.77. The Balaban J connectivity index is 1.24. The van der Waals surface area contributed by atoms with E-state index in [1.54, 1.807) is 7.11 Å². The van der Waals surface area contributed by atoms with Crippen LogP contribution in [0.25, 0.3) is 11.3 Å². The Morgan fingerprint density at radius 2 is 1.74 bits per heavy atom. The second-order valence-corrected chi connectivity index (χ2v) is 8.69. The highest BCUT2D eigenvalue weighted by Gasteiger charge is 2.55. The lowest BCUT2D eigenvalue weighted by atomic mass is 9.49. The average molecular weight is 367 g/mol. The van der Waals surface area contributed by atoms with E-state index in [-0.39, 0.29) is 18.0 Å². The number of carbonyl (C=O) groups is 1. The van der Waals surface area contributed by atoms with Crippen molar-refractivity contribution >= 4 is 5.97 Å². The quantitative estimate of drug-likeness (QED) is 0.722. The van der Waals surface area contributed by atoms with Crippen LogP contribution in [0.4, 0.5) is 0 Å². The van der Waals surface area contributed by atoms with Crippen molar-refractivity contribution in [3.8, 4) is 17.1 Å². The summed E-state index contributed by atoms with van der Waals surface area (Å²) < 4.78 is 16.3. The molecule has 1 aromatic heterocycles. The van der Waals surface area contributed by atoms with E-state index in [0.717, 1.165) is 48.3 Å². The van der Waals surface area contributed by atoms with Gasteiger partial charge in [0.25, 0.3) is 0 Å². The molecule has 4 saturated carbocycles. The molecule has 27 heavy (non-hydrogen) atoms. The number of hydrogen-bond acceptors (Lipinski definition) is 5. The monoisotopic (exact) mass is 367 g/mol. The van der Waals surface area contributed by atoms with Crippen LogP contribution in [0.3, 0.4) is 0 Å². The van der Waals surface area contributed by atoms with Gasteiger partial charge in [0, 0.05) is 11.6 Å². The maximum atomic E-state index is 12.9. The summed E-state index contributed by atoms with van der Waals surface area (Å²) in [5.74, 6) is 3.64. The Morgan fingerprint density at radius 1 is 1.11 bits per heavy atom. The van der Waals surface area contributed by atoms with Crippen LogP contribution < -0.4 is 4.74 Å². The van der Waals surface area contributed by atoms with Crippen molar-refractivity contribution in [1.29, 1.82) is 0 Å². The molecule has 0 spiro atoms. The van der Waals surface area contributed by atoms with Crippen LogP contribution in [0.2, 0.25) is 0 Å². The number of hydrogen-bond donors (Lipinski definition) is 0. The van der Waals surface area contributed by atoms with E-state index < -0.39 is 0 Å². The van der Waals surface area contributed by atoms with Crippen molar-refractivity contribution in [2.75, 3.05) is 7.11 Å². The number of nitrogens with zero attached hydrogens (tertiary/aromatic N) is 1. The van der Waals surface area contributed by atoms with Crippen molar-refractivity contribution in [3.63, 3.8) is 0 Å². The molecule has 5 nitrogen and oxygen atoms in total. The van der Waals surface area contributed by atoms with Gasteiger partial charge in [-0.3, -0.25) is 4.79 Å². The van der Waals surface area contributed by atoms with Crippen LogP contribution in [0.1, 0.15) is 44.2 Å². The second-order valence-electron chi connectivity index (χ2n) is 8.69. The Bertz CT molecular complexity index is 803. The second kappa shape index (κ2) is 6.39. The van der Waals surface area contributed by atoms with Crippen LogP contribution in [0, 0.1) is 23.2 Å². The van der Waals surface area contributed by atoms with Gasteiger partial charge in [0.05, 0.1) is 12.5 Å². The van der Waals surface area contributed by atoms with Crippen molar-refractivity contribution < 1.29 is 18.8 Å². The molecule has 4 aliphatic rings. The van der Waals surface area contributed by atoms with Gasteiger partial charge in [-0.15, -0.1) is 0 Å². The summed E-state index contributed by atoms with van der Waals surface area (Å²) in [7, 11) is 1.64. The molecule has 4 bridgehead atoms. The number of carbonyl (C=O) groups excluding carboxylic acids is 1. The number of aromatic nitrogens is 1. The van der Waals surface area contributed by atoms with E-state index >= 15 is 0 Å². The Hall–Kier alpha value is -2.30. The largest absolute Gasteiger partial charge is 0.497 e. The van der Waals surface area contributed by atoms with Crippen LogP contribution in [0.5, 0.6) is 5.75 Å². The maximum Gasteiger partial charge on any atom is 0.312 e. The van der Waals surface area contributed by atoms with Crippen molar-refractivity contribution in [3.05, 3.63) is 36.0 Å². The zero-order valence-corrected chi connectivity index (χ0v) is 15.6. The maximum absolute atomic E-state index is 12.9. The third-order valence-electron chi connectivity index (χ3n) is 6.76. The number of ether oxygens (including phenoxy) is 2. The van der Waals surface area contributed by atoms with Gasteiger partial charge in [0.15, 0.2) is 5.76 Å². The van der Waals surface area contributed by atoms with Gasteiger partial charge in [-0.1, -0.05) is 5.16 Å².